The van der Waals surface area contributed by atoms with Crippen molar-refractivity contribution in [3.05, 3.63) is 29.8 Å². The average molecular weight is 205 g/mol. The number of ketones is 2. The molecule has 0 spiro atoms. The van der Waals surface area contributed by atoms with Crippen LogP contribution in [0.5, 0.6) is 0 Å². The quantitative estimate of drug-likeness (QED) is 0.705. The highest BCUT2D eigenvalue weighted by Gasteiger charge is 2.05. The molecule has 0 aliphatic rings. The Morgan fingerprint density at radius 3 is 2.47 bits per heavy atom. The number of hydrogen-bond acceptors (Lipinski definition) is 3. The smallest absolute Gasteiger partial charge is 0.159 e. The Morgan fingerprint density at radius 1 is 1.27 bits per heavy atom. The van der Waals surface area contributed by atoms with E-state index in [2.05, 4.69) is 0 Å². The molecule has 0 N–H and O–H groups in total. The Hall–Kier alpha value is -1.64. The molecule has 0 amide bonds. The van der Waals surface area contributed by atoms with Gasteiger partial charge in [0.2, 0.25) is 0 Å². The fourth-order valence-corrected chi connectivity index (χ4v) is 1.39. The van der Waals surface area contributed by atoms with Crippen LogP contribution in [0.15, 0.2) is 24.3 Å². The van der Waals surface area contributed by atoms with E-state index in [-0.39, 0.29) is 11.6 Å². The van der Waals surface area contributed by atoms with E-state index >= 15 is 0 Å². The predicted octanol–water partition coefficient (Wildman–Crippen LogP) is 1.91. The van der Waals surface area contributed by atoms with Gasteiger partial charge in [-0.15, -0.1) is 0 Å². The maximum absolute atomic E-state index is 11.2. The van der Waals surface area contributed by atoms with Crippen LogP contribution >= 0.6 is 0 Å². The van der Waals surface area contributed by atoms with Gasteiger partial charge in [-0.3, -0.25) is 9.59 Å². The van der Waals surface area contributed by atoms with Gasteiger partial charge in [0, 0.05) is 18.3 Å². The molecule has 0 heterocycles. The lowest BCUT2D eigenvalue weighted by Gasteiger charge is -2.17. The van der Waals surface area contributed by atoms with E-state index in [0.717, 1.165) is 5.69 Å². The number of benzene rings is 1. The zero-order valence-corrected chi connectivity index (χ0v) is 9.28. The number of rotatable bonds is 4. The first-order valence-electron chi connectivity index (χ1n) is 4.82. The minimum Gasteiger partial charge on any atom is -0.367 e. The van der Waals surface area contributed by atoms with E-state index in [9.17, 15) is 9.59 Å². The van der Waals surface area contributed by atoms with Crippen LogP contribution in [0.4, 0.5) is 5.69 Å². The first-order valence-corrected chi connectivity index (χ1v) is 4.82. The van der Waals surface area contributed by atoms with Gasteiger partial charge in [-0.1, -0.05) is 12.1 Å². The Bertz CT molecular complexity index is 385. The number of carbonyl (C=O) groups is 2. The van der Waals surface area contributed by atoms with Crippen LogP contribution in [0.1, 0.15) is 24.2 Å². The van der Waals surface area contributed by atoms with Gasteiger partial charge < -0.3 is 4.90 Å². The zero-order chi connectivity index (χ0) is 11.4. The van der Waals surface area contributed by atoms with Crippen molar-refractivity contribution in [1.82, 2.24) is 0 Å². The van der Waals surface area contributed by atoms with Gasteiger partial charge in [-0.2, -0.15) is 0 Å². The van der Waals surface area contributed by atoms with Crippen molar-refractivity contribution in [1.29, 1.82) is 0 Å². The summed E-state index contributed by atoms with van der Waals surface area (Å²) in [5.74, 6) is 0.138. The molecule has 80 valence electrons. The van der Waals surface area contributed by atoms with Gasteiger partial charge in [0.1, 0.15) is 5.78 Å². The predicted molar refractivity (Wildman–Crippen MR) is 60.4 cm³/mol. The Kier molecular flexibility index (Phi) is 3.61. The van der Waals surface area contributed by atoms with Crippen LogP contribution in [0.3, 0.4) is 0 Å². The second-order valence-corrected chi connectivity index (χ2v) is 3.66. The van der Waals surface area contributed by atoms with E-state index in [4.69, 9.17) is 0 Å². The first kappa shape index (κ1) is 11.4. The van der Waals surface area contributed by atoms with Crippen LogP contribution < -0.4 is 4.90 Å². The molecule has 0 aliphatic heterocycles. The molecule has 0 aromatic heterocycles. The molecule has 0 atom stereocenters. The molecule has 15 heavy (non-hydrogen) atoms. The van der Waals surface area contributed by atoms with Gasteiger partial charge in [-0.25, -0.2) is 0 Å². The van der Waals surface area contributed by atoms with Crippen molar-refractivity contribution >= 4 is 17.3 Å². The Balaban J connectivity index is 2.89. The summed E-state index contributed by atoms with van der Waals surface area (Å²) in [4.78, 5) is 23.9. The summed E-state index contributed by atoms with van der Waals surface area (Å²) in [5, 5.41) is 0. The van der Waals surface area contributed by atoms with Crippen LogP contribution in [0.2, 0.25) is 0 Å². The second-order valence-electron chi connectivity index (χ2n) is 3.66. The molecule has 0 bridgehead atoms. The minimum atomic E-state index is 0.0353. The lowest BCUT2D eigenvalue weighted by Crippen LogP contribution is -2.23. The number of Topliss-reactive ketones (excluding diaryl/α,β-unsaturated/α-hetero) is 2. The van der Waals surface area contributed by atoms with E-state index < -0.39 is 0 Å². The molecule has 0 unspecified atom stereocenters. The van der Waals surface area contributed by atoms with Crippen molar-refractivity contribution in [3.8, 4) is 0 Å². The monoisotopic (exact) mass is 205 g/mol. The lowest BCUT2D eigenvalue weighted by atomic mass is 10.1. The zero-order valence-electron chi connectivity index (χ0n) is 9.28. The molecule has 0 saturated carbocycles. The molecule has 3 nitrogen and oxygen atoms in total. The molecule has 0 aliphatic carbocycles. The van der Waals surface area contributed by atoms with Crippen LogP contribution in [0, 0.1) is 0 Å². The largest absolute Gasteiger partial charge is 0.367 e. The van der Waals surface area contributed by atoms with E-state index in [1.54, 1.807) is 19.1 Å². The molecule has 0 saturated heterocycles. The second kappa shape index (κ2) is 4.73. The highest BCUT2D eigenvalue weighted by Crippen LogP contribution is 2.14. The van der Waals surface area contributed by atoms with Gasteiger partial charge >= 0.3 is 0 Å². The lowest BCUT2D eigenvalue weighted by molar-refractivity contribution is -0.115. The summed E-state index contributed by atoms with van der Waals surface area (Å²) in [6.45, 7) is 3.44. The first-order chi connectivity index (χ1) is 7.00. The summed E-state index contributed by atoms with van der Waals surface area (Å²) in [6, 6.07) is 7.27. The Morgan fingerprint density at radius 2 is 1.93 bits per heavy atom. The number of nitrogens with zero attached hydrogens (tertiary/aromatic N) is 1. The molecule has 1 aromatic rings. The molecular formula is C12H15NO2. The van der Waals surface area contributed by atoms with E-state index in [1.807, 2.05) is 24.1 Å². The highest BCUT2D eigenvalue weighted by molar-refractivity contribution is 5.95. The van der Waals surface area contributed by atoms with E-state index in [0.29, 0.717) is 12.1 Å². The van der Waals surface area contributed by atoms with Crippen molar-refractivity contribution in [2.75, 3.05) is 18.5 Å². The van der Waals surface area contributed by atoms with Gasteiger partial charge in [-0.05, 0) is 26.0 Å². The minimum absolute atomic E-state index is 0.0353. The number of hydrogen-bond donors (Lipinski definition) is 0. The molecule has 1 rings (SSSR count). The molecule has 0 fully saturated rings. The molecular weight excluding hydrogens is 190 g/mol. The maximum Gasteiger partial charge on any atom is 0.159 e. The average Bonchev–Trinajstić information content (AvgIpc) is 2.17. The third-order valence-electron chi connectivity index (χ3n) is 2.15. The summed E-state index contributed by atoms with van der Waals surface area (Å²) in [6.07, 6.45) is 0. The standard InChI is InChI=1S/C12H15NO2/c1-9(14)8-13(3)12-6-4-5-11(7-12)10(2)15/h4-7H,8H2,1-3H3. The third kappa shape index (κ3) is 3.20. The van der Waals surface area contributed by atoms with Gasteiger partial charge in [0.25, 0.3) is 0 Å². The summed E-state index contributed by atoms with van der Waals surface area (Å²) in [7, 11) is 1.83. The summed E-state index contributed by atoms with van der Waals surface area (Å²) < 4.78 is 0. The van der Waals surface area contributed by atoms with Crippen LogP contribution in [0.25, 0.3) is 0 Å². The molecule has 1 aromatic carbocycles. The molecule has 0 radical (unpaired) electrons. The maximum atomic E-state index is 11.2. The molecule has 3 heteroatoms. The number of anilines is 1. The number of likely N-dealkylation sites (N-methyl/N-ethyl adjacent to an activating group) is 1. The topological polar surface area (TPSA) is 37.4 Å². The third-order valence-corrected chi connectivity index (χ3v) is 2.15. The fraction of sp³-hybridized carbons (Fsp3) is 0.333. The normalized spacial score (nSPS) is 9.80. The van der Waals surface area contributed by atoms with Crippen LogP contribution in [-0.4, -0.2) is 25.2 Å². The van der Waals surface area contributed by atoms with Crippen molar-refractivity contribution in [2.45, 2.75) is 13.8 Å². The highest BCUT2D eigenvalue weighted by atomic mass is 16.1. The van der Waals surface area contributed by atoms with Crippen molar-refractivity contribution < 1.29 is 9.59 Å². The van der Waals surface area contributed by atoms with Crippen LogP contribution in [-0.2, 0) is 4.79 Å². The van der Waals surface area contributed by atoms with Crippen molar-refractivity contribution in [3.63, 3.8) is 0 Å². The summed E-state index contributed by atoms with van der Waals surface area (Å²) in [5.41, 5.74) is 1.56. The Labute approximate surface area is 89.7 Å². The van der Waals surface area contributed by atoms with Gasteiger partial charge in [0.05, 0.1) is 6.54 Å². The van der Waals surface area contributed by atoms with E-state index in [1.165, 1.54) is 6.92 Å². The SMILES string of the molecule is CC(=O)CN(C)c1cccc(C(C)=O)c1. The fourth-order valence-electron chi connectivity index (χ4n) is 1.39. The van der Waals surface area contributed by atoms with Gasteiger partial charge in [0.15, 0.2) is 5.78 Å². The number of carbonyl (C=O) groups excluding carboxylic acids is 2. The summed E-state index contributed by atoms with van der Waals surface area (Å²) >= 11 is 0. The van der Waals surface area contributed by atoms with Crippen molar-refractivity contribution in [2.24, 2.45) is 0 Å².